The summed E-state index contributed by atoms with van der Waals surface area (Å²) in [5.74, 6) is -1.69. The van der Waals surface area contributed by atoms with Crippen molar-refractivity contribution in [1.29, 1.82) is 0 Å². The second kappa shape index (κ2) is 6.75. The molecule has 0 unspecified atom stereocenters. The van der Waals surface area contributed by atoms with Crippen LogP contribution in [0.15, 0.2) is 57.0 Å². The molecule has 8 heteroatoms. The molecule has 2 N–H and O–H groups in total. The lowest BCUT2D eigenvalue weighted by atomic mass is 10.2. The maximum atomic E-state index is 13.3. The SMILES string of the molecule is Cc1ccc(F)cc1N=Cc1c(O)n(-c2ccc(F)cc2)c(=O)[nH]c1=O. The molecule has 0 radical (unpaired) electrons. The van der Waals surface area contributed by atoms with Crippen LogP contribution in [0.25, 0.3) is 5.69 Å². The standard InChI is InChI=1S/C18H13F2N3O3/c1-10-2-3-12(20)8-15(10)21-9-14-16(24)22-18(26)23(17(14)25)13-6-4-11(19)5-7-13/h2-9,25H,1H3,(H,22,24,26). The molecule has 0 aliphatic heterocycles. The average Bonchev–Trinajstić information content (AvgIpc) is 2.59. The largest absolute Gasteiger partial charge is 0.493 e. The van der Waals surface area contributed by atoms with Crippen LogP contribution >= 0.6 is 0 Å². The van der Waals surface area contributed by atoms with Gasteiger partial charge < -0.3 is 5.11 Å². The zero-order valence-corrected chi connectivity index (χ0v) is 13.5. The van der Waals surface area contributed by atoms with Crippen molar-refractivity contribution in [2.24, 2.45) is 4.99 Å². The minimum atomic E-state index is -0.891. The van der Waals surface area contributed by atoms with Gasteiger partial charge in [0.25, 0.3) is 5.56 Å². The highest BCUT2D eigenvalue weighted by molar-refractivity contribution is 5.84. The van der Waals surface area contributed by atoms with Crippen molar-refractivity contribution in [2.75, 3.05) is 0 Å². The predicted octanol–water partition coefficient (Wildman–Crippen LogP) is 2.57. The molecular formula is C18H13F2N3O3. The Morgan fingerprint density at radius 3 is 2.42 bits per heavy atom. The van der Waals surface area contributed by atoms with Crippen LogP contribution in [0.4, 0.5) is 14.5 Å². The number of halogens is 2. The molecule has 1 aromatic heterocycles. The summed E-state index contributed by atoms with van der Waals surface area (Å²) in [6.45, 7) is 1.70. The van der Waals surface area contributed by atoms with Crippen LogP contribution in [0.3, 0.4) is 0 Å². The van der Waals surface area contributed by atoms with Crippen molar-refractivity contribution < 1.29 is 13.9 Å². The van der Waals surface area contributed by atoms with Crippen LogP contribution in [-0.4, -0.2) is 20.9 Å². The molecule has 0 spiro atoms. The van der Waals surface area contributed by atoms with Crippen molar-refractivity contribution >= 4 is 11.9 Å². The number of nitrogens with one attached hydrogen (secondary N) is 1. The van der Waals surface area contributed by atoms with Gasteiger partial charge in [0.15, 0.2) is 0 Å². The maximum absolute atomic E-state index is 13.3. The van der Waals surface area contributed by atoms with Gasteiger partial charge in [0.2, 0.25) is 5.88 Å². The van der Waals surface area contributed by atoms with Crippen molar-refractivity contribution in [3.63, 3.8) is 0 Å². The van der Waals surface area contributed by atoms with Gasteiger partial charge in [0.1, 0.15) is 17.2 Å². The Labute approximate surface area is 145 Å². The normalized spacial score (nSPS) is 11.2. The van der Waals surface area contributed by atoms with E-state index in [0.717, 1.165) is 22.9 Å². The monoisotopic (exact) mass is 357 g/mol. The van der Waals surface area contributed by atoms with E-state index in [1.807, 2.05) is 0 Å². The fourth-order valence-corrected chi connectivity index (χ4v) is 2.34. The topological polar surface area (TPSA) is 87.4 Å². The van der Waals surface area contributed by atoms with Crippen molar-refractivity contribution in [3.05, 3.63) is 86.1 Å². The third kappa shape index (κ3) is 3.30. The maximum Gasteiger partial charge on any atom is 0.335 e. The van der Waals surface area contributed by atoms with E-state index < -0.39 is 28.8 Å². The highest BCUT2D eigenvalue weighted by atomic mass is 19.1. The molecule has 0 aliphatic rings. The molecule has 3 rings (SSSR count). The van der Waals surface area contributed by atoms with E-state index in [9.17, 15) is 23.5 Å². The van der Waals surface area contributed by atoms with Gasteiger partial charge >= 0.3 is 5.69 Å². The molecule has 0 amide bonds. The van der Waals surface area contributed by atoms with Gasteiger partial charge in [0, 0.05) is 6.21 Å². The zero-order chi connectivity index (χ0) is 18.8. The summed E-state index contributed by atoms with van der Waals surface area (Å²) in [6, 6.07) is 8.72. The van der Waals surface area contributed by atoms with Crippen LogP contribution < -0.4 is 11.2 Å². The fourth-order valence-electron chi connectivity index (χ4n) is 2.34. The number of aromatic amines is 1. The first kappa shape index (κ1) is 17.3. The summed E-state index contributed by atoms with van der Waals surface area (Å²) in [5.41, 5.74) is -0.963. The third-order valence-electron chi connectivity index (χ3n) is 3.71. The molecule has 132 valence electrons. The Balaban J connectivity index is 2.14. The highest BCUT2D eigenvalue weighted by Crippen LogP contribution is 2.20. The smallest absolute Gasteiger partial charge is 0.335 e. The lowest BCUT2D eigenvalue weighted by Crippen LogP contribution is -2.31. The Morgan fingerprint density at radius 1 is 1.08 bits per heavy atom. The molecule has 0 fully saturated rings. The molecule has 0 atom stereocenters. The van der Waals surface area contributed by atoms with E-state index in [4.69, 9.17) is 0 Å². The number of rotatable bonds is 3. The summed E-state index contributed by atoms with van der Waals surface area (Å²) in [5, 5.41) is 10.4. The van der Waals surface area contributed by atoms with Crippen LogP contribution in [-0.2, 0) is 0 Å². The predicted molar refractivity (Wildman–Crippen MR) is 92.7 cm³/mol. The Hall–Kier alpha value is -3.55. The number of hydrogen-bond donors (Lipinski definition) is 2. The number of aromatic hydroxyl groups is 1. The summed E-state index contributed by atoms with van der Waals surface area (Å²) in [7, 11) is 0. The average molecular weight is 357 g/mol. The molecule has 6 nitrogen and oxygen atoms in total. The molecule has 0 saturated heterocycles. The van der Waals surface area contributed by atoms with E-state index in [1.165, 1.54) is 30.3 Å². The first-order valence-electron chi connectivity index (χ1n) is 7.51. The lowest BCUT2D eigenvalue weighted by molar-refractivity contribution is 0.430. The van der Waals surface area contributed by atoms with Crippen LogP contribution in [0.5, 0.6) is 5.88 Å². The second-order valence-electron chi connectivity index (χ2n) is 5.50. The lowest BCUT2D eigenvalue weighted by Gasteiger charge is -2.09. The molecule has 1 heterocycles. The number of H-pyrrole nitrogens is 1. The summed E-state index contributed by atoms with van der Waals surface area (Å²) < 4.78 is 27.2. The fraction of sp³-hybridized carbons (Fsp3) is 0.0556. The first-order chi connectivity index (χ1) is 12.4. The van der Waals surface area contributed by atoms with Crippen molar-refractivity contribution in [1.82, 2.24) is 9.55 Å². The van der Waals surface area contributed by atoms with Crippen molar-refractivity contribution in [2.45, 2.75) is 6.92 Å². The van der Waals surface area contributed by atoms with E-state index in [1.54, 1.807) is 6.92 Å². The number of benzene rings is 2. The van der Waals surface area contributed by atoms with Gasteiger partial charge in [-0.3, -0.25) is 14.8 Å². The minimum Gasteiger partial charge on any atom is -0.493 e. The summed E-state index contributed by atoms with van der Waals surface area (Å²) in [4.78, 5) is 30.1. The first-order valence-corrected chi connectivity index (χ1v) is 7.51. The molecule has 3 aromatic rings. The molecule has 2 aromatic carbocycles. The van der Waals surface area contributed by atoms with Gasteiger partial charge in [-0.15, -0.1) is 0 Å². The highest BCUT2D eigenvalue weighted by Gasteiger charge is 2.14. The van der Waals surface area contributed by atoms with Crippen molar-refractivity contribution in [3.8, 4) is 11.6 Å². The van der Waals surface area contributed by atoms with Crippen LogP contribution in [0.2, 0.25) is 0 Å². The van der Waals surface area contributed by atoms with E-state index in [0.29, 0.717) is 5.56 Å². The Bertz CT molecular complexity index is 1120. The number of aromatic nitrogens is 2. The summed E-state index contributed by atoms with van der Waals surface area (Å²) >= 11 is 0. The molecule has 26 heavy (non-hydrogen) atoms. The van der Waals surface area contributed by atoms with E-state index in [-0.39, 0.29) is 16.9 Å². The Morgan fingerprint density at radius 2 is 1.73 bits per heavy atom. The zero-order valence-electron chi connectivity index (χ0n) is 13.5. The molecule has 0 bridgehead atoms. The number of aryl methyl sites for hydroxylation is 1. The van der Waals surface area contributed by atoms with Gasteiger partial charge in [-0.2, -0.15) is 0 Å². The minimum absolute atomic E-state index is 0.154. The quantitative estimate of drug-likeness (QED) is 0.706. The molecule has 0 aliphatic carbocycles. The summed E-state index contributed by atoms with van der Waals surface area (Å²) in [6.07, 6.45) is 1.04. The van der Waals surface area contributed by atoms with E-state index in [2.05, 4.69) is 9.98 Å². The van der Waals surface area contributed by atoms with Gasteiger partial charge in [-0.25, -0.2) is 18.1 Å². The second-order valence-corrected chi connectivity index (χ2v) is 5.50. The molecule has 0 saturated carbocycles. The van der Waals surface area contributed by atoms with Crippen LogP contribution in [0.1, 0.15) is 11.1 Å². The Kier molecular flexibility index (Phi) is 4.49. The van der Waals surface area contributed by atoms with Gasteiger partial charge in [-0.1, -0.05) is 6.07 Å². The molecular weight excluding hydrogens is 344 g/mol. The number of aliphatic imine (C=N–C) groups is 1. The van der Waals surface area contributed by atoms with E-state index >= 15 is 0 Å². The number of nitrogens with zero attached hydrogens (tertiary/aromatic N) is 2. The van der Waals surface area contributed by atoms with Crippen LogP contribution in [0, 0.1) is 18.6 Å². The third-order valence-corrected chi connectivity index (χ3v) is 3.71. The van der Waals surface area contributed by atoms with Gasteiger partial charge in [0.05, 0.1) is 11.4 Å². The van der Waals surface area contributed by atoms with Gasteiger partial charge in [-0.05, 0) is 48.9 Å². The number of hydrogen-bond acceptors (Lipinski definition) is 4.